The molecule has 102 valence electrons. The largest absolute Gasteiger partial charge is 0.507 e. The van der Waals surface area contributed by atoms with E-state index in [9.17, 15) is 5.11 Å². The summed E-state index contributed by atoms with van der Waals surface area (Å²) in [7, 11) is 5.71. The molecular formula is C14H24N2O2. The zero-order valence-electron chi connectivity index (χ0n) is 11.9. The number of hydrogen-bond acceptors (Lipinski definition) is 4. The summed E-state index contributed by atoms with van der Waals surface area (Å²) >= 11 is 0. The molecule has 0 aliphatic heterocycles. The standard InChI is InChI=1S/C14H24N2O2/c1-14(2,16(3)4)10-15-9-11-6-7-12(18-5)8-13(11)17/h6-8,15,17H,9-10H2,1-5H3. The number of ether oxygens (including phenoxy) is 1. The van der Waals surface area contributed by atoms with Crippen molar-refractivity contribution in [3.8, 4) is 11.5 Å². The predicted molar refractivity (Wildman–Crippen MR) is 74.1 cm³/mol. The van der Waals surface area contributed by atoms with Crippen LogP contribution in [0.3, 0.4) is 0 Å². The molecule has 0 atom stereocenters. The fraction of sp³-hybridized carbons (Fsp3) is 0.571. The number of aromatic hydroxyl groups is 1. The molecule has 18 heavy (non-hydrogen) atoms. The van der Waals surface area contributed by atoms with Gasteiger partial charge in [0, 0.05) is 30.3 Å². The highest BCUT2D eigenvalue weighted by Crippen LogP contribution is 2.23. The van der Waals surface area contributed by atoms with Crippen molar-refractivity contribution in [2.24, 2.45) is 0 Å². The third-order valence-electron chi connectivity index (χ3n) is 3.38. The number of benzene rings is 1. The van der Waals surface area contributed by atoms with E-state index in [2.05, 4.69) is 38.2 Å². The van der Waals surface area contributed by atoms with E-state index in [-0.39, 0.29) is 11.3 Å². The Hall–Kier alpha value is -1.26. The van der Waals surface area contributed by atoms with Crippen molar-refractivity contribution >= 4 is 0 Å². The first kappa shape index (κ1) is 14.8. The Balaban J connectivity index is 2.54. The SMILES string of the molecule is COc1ccc(CNCC(C)(C)N(C)C)c(O)c1. The maximum absolute atomic E-state index is 9.83. The summed E-state index contributed by atoms with van der Waals surface area (Å²) in [5, 5.41) is 13.2. The smallest absolute Gasteiger partial charge is 0.123 e. The van der Waals surface area contributed by atoms with Gasteiger partial charge in [-0.25, -0.2) is 0 Å². The molecule has 0 heterocycles. The van der Waals surface area contributed by atoms with Gasteiger partial charge in [-0.1, -0.05) is 6.07 Å². The third kappa shape index (κ3) is 3.89. The van der Waals surface area contributed by atoms with E-state index >= 15 is 0 Å². The minimum Gasteiger partial charge on any atom is -0.507 e. The summed E-state index contributed by atoms with van der Waals surface area (Å²) in [6, 6.07) is 5.37. The van der Waals surface area contributed by atoms with Gasteiger partial charge in [0.1, 0.15) is 11.5 Å². The first-order valence-electron chi connectivity index (χ1n) is 6.11. The van der Waals surface area contributed by atoms with Crippen LogP contribution in [-0.4, -0.2) is 43.3 Å². The van der Waals surface area contributed by atoms with Crippen LogP contribution in [0.15, 0.2) is 18.2 Å². The number of nitrogens with one attached hydrogen (secondary N) is 1. The molecule has 0 radical (unpaired) electrons. The van der Waals surface area contributed by atoms with Crippen molar-refractivity contribution in [2.45, 2.75) is 25.9 Å². The van der Waals surface area contributed by atoms with Crippen LogP contribution >= 0.6 is 0 Å². The lowest BCUT2D eigenvalue weighted by atomic mass is 10.0. The summed E-state index contributed by atoms with van der Waals surface area (Å²) in [4.78, 5) is 2.17. The Morgan fingerprint density at radius 3 is 2.50 bits per heavy atom. The normalized spacial score (nSPS) is 11.9. The van der Waals surface area contributed by atoms with E-state index in [4.69, 9.17) is 4.74 Å². The number of hydrogen-bond donors (Lipinski definition) is 2. The predicted octanol–water partition coefficient (Wildman–Crippen LogP) is 1.83. The monoisotopic (exact) mass is 252 g/mol. The second kappa shape index (κ2) is 6.07. The molecule has 1 aromatic carbocycles. The first-order chi connectivity index (χ1) is 8.36. The maximum atomic E-state index is 9.83. The van der Waals surface area contributed by atoms with E-state index in [0.29, 0.717) is 12.3 Å². The second-order valence-electron chi connectivity index (χ2n) is 5.31. The van der Waals surface area contributed by atoms with E-state index in [1.807, 2.05) is 12.1 Å². The van der Waals surface area contributed by atoms with E-state index < -0.39 is 0 Å². The van der Waals surface area contributed by atoms with Crippen LogP contribution in [0.2, 0.25) is 0 Å². The molecule has 0 aromatic heterocycles. The van der Waals surface area contributed by atoms with Crippen molar-refractivity contribution in [3.63, 3.8) is 0 Å². The van der Waals surface area contributed by atoms with Gasteiger partial charge in [-0.2, -0.15) is 0 Å². The van der Waals surface area contributed by atoms with Gasteiger partial charge in [-0.3, -0.25) is 0 Å². The van der Waals surface area contributed by atoms with Crippen LogP contribution < -0.4 is 10.1 Å². The fourth-order valence-electron chi connectivity index (χ4n) is 1.48. The van der Waals surface area contributed by atoms with E-state index in [1.54, 1.807) is 13.2 Å². The van der Waals surface area contributed by atoms with Crippen molar-refractivity contribution in [1.29, 1.82) is 0 Å². The number of nitrogens with zero attached hydrogens (tertiary/aromatic N) is 1. The second-order valence-corrected chi connectivity index (χ2v) is 5.31. The summed E-state index contributed by atoms with van der Waals surface area (Å²) < 4.78 is 5.05. The minimum absolute atomic E-state index is 0.0854. The molecule has 4 heteroatoms. The average Bonchev–Trinajstić information content (AvgIpc) is 2.30. The van der Waals surface area contributed by atoms with Gasteiger partial charge in [0.25, 0.3) is 0 Å². The van der Waals surface area contributed by atoms with Crippen LogP contribution in [0.5, 0.6) is 11.5 Å². The van der Waals surface area contributed by atoms with Crippen LogP contribution in [0, 0.1) is 0 Å². The summed E-state index contributed by atoms with van der Waals surface area (Å²) in [5.74, 6) is 0.939. The van der Waals surface area contributed by atoms with E-state index in [1.165, 1.54) is 0 Å². The molecule has 0 amide bonds. The molecule has 0 saturated carbocycles. The Morgan fingerprint density at radius 2 is 2.00 bits per heavy atom. The van der Waals surface area contributed by atoms with E-state index in [0.717, 1.165) is 12.1 Å². The summed E-state index contributed by atoms with van der Waals surface area (Å²) in [6.45, 7) is 5.85. The van der Waals surface area contributed by atoms with Crippen LogP contribution in [-0.2, 0) is 6.54 Å². The molecular weight excluding hydrogens is 228 g/mol. The molecule has 4 nitrogen and oxygen atoms in total. The Labute approximate surface area is 110 Å². The first-order valence-corrected chi connectivity index (χ1v) is 6.11. The Bertz CT molecular complexity index is 389. The Morgan fingerprint density at radius 1 is 1.33 bits per heavy atom. The van der Waals surface area contributed by atoms with Crippen LogP contribution in [0.25, 0.3) is 0 Å². The van der Waals surface area contributed by atoms with Crippen molar-refractivity contribution in [1.82, 2.24) is 10.2 Å². The molecule has 2 N–H and O–H groups in total. The number of methoxy groups -OCH3 is 1. The van der Waals surface area contributed by atoms with Gasteiger partial charge < -0.3 is 20.1 Å². The number of likely N-dealkylation sites (N-methyl/N-ethyl adjacent to an activating group) is 1. The Kier molecular flexibility index (Phi) is 4.99. The number of rotatable bonds is 6. The van der Waals surface area contributed by atoms with Gasteiger partial charge in [0.2, 0.25) is 0 Å². The third-order valence-corrected chi connectivity index (χ3v) is 3.38. The highest BCUT2D eigenvalue weighted by atomic mass is 16.5. The zero-order chi connectivity index (χ0) is 13.8. The minimum atomic E-state index is 0.0854. The highest BCUT2D eigenvalue weighted by Gasteiger charge is 2.19. The van der Waals surface area contributed by atoms with Gasteiger partial charge >= 0.3 is 0 Å². The maximum Gasteiger partial charge on any atom is 0.123 e. The molecule has 0 aliphatic rings. The highest BCUT2D eigenvalue weighted by molar-refractivity contribution is 5.39. The van der Waals surface area contributed by atoms with Crippen molar-refractivity contribution in [3.05, 3.63) is 23.8 Å². The molecule has 0 unspecified atom stereocenters. The van der Waals surface area contributed by atoms with Crippen LogP contribution in [0.4, 0.5) is 0 Å². The summed E-state index contributed by atoms with van der Waals surface area (Å²) in [6.07, 6.45) is 0. The lowest BCUT2D eigenvalue weighted by molar-refractivity contribution is 0.189. The summed E-state index contributed by atoms with van der Waals surface area (Å²) in [5.41, 5.74) is 0.965. The molecule has 1 aromatic rings. The number of phenolic OH excluding ortho intramolecular Hbond substituents is 1. The zero-order valence-corrected chi connectivity index (χ0v) is 11.9. The average molecular weight is 252 g/mol. The topological polar surface area (TPSA) is 44.7 Å². The molecule has 1 rings (SSSR count). The van der Waals surface area contributed by atoms with Gasteiger partial charge in [-0.15, -0.1) is 0 Å². The fourth-order valence-corrected chi connectivity index (χ4v) is 1.48. The van der Waals surface area contributed by atoms with Gasteiger partial charge in [-0.05, 0) is 34.0 Å². The number of phenols is 1. The van der Waals surface area contributed by atoms with Crippen LogP contribution in [0.1, 0.15) is 19.4 Å². The molecule has 0 bridgehead atoms. The molecule has 0 spiro atoms. The van der Waals surface area contributed by atoms with Gasteiger partial charge in [0.15, 0.2) is 0 Å². The van der Waals surface area contributed by atoms with Crippen molar-refractivity contribution < 1.29 is 9.84 Å². The molecule has 0 aliphatic carbocycles. The quantitative estimate of drug-likeness (QED) is 0.811. The lowest BCUT2D eigenvalue weighted by Gasteiger charge is -2.32. The van der Waals surface area contributed by atoms with Gasteiger partial charge in [0.05, 0.1) is 7.11 Å². The molecule has 0 fully saturated rings. The lowest BCUT2D eigenvalue weighted by Crippen LogP contribution is -2.46. The molecule has 0 saturated heterocycles. The van der Waals surface area contributed by atoms with Crippen molar-refractivity contribution in [2.75, 3.05) is 27.7 Å².